The zero-order valence-electron chi connectivity index (χ0n) is 23.5. The molecule has 1 fully saturated rings. The fourth-order valence-electron chi connectivity index (χ4n) is 5.71. The number of benzene rings is 2. The molecule has 2 aliphatic rings. The van der Waals surface area contributed by atoms with E-state index in [1.807, 2.05) is 32.0 Å². The monoisotopic (exact) mass is 563 g/mol. The molecule has 2 N–H and O–H groups in total. The van der Waals surface area contributed by atoms with Gasteiger partial charge in [0.1, 0.15) is 23.9 Å². The molecule has 11 heteroatoms. The first kappa shape index (κ1) is 29.5. The van der Waals surface area contributed by atoms with Crippen LogP contribution in [0.5, 0.6) is 0 Å². The second-order valence-electron chi connectivity index (χ2n) is 11.0. The maximum absolute atomic E-state index is 14.1. The average molecular weight is 564 g/mol. The Hall–Kier alpha value is -4.46. The van der Waals surface area contributed by atoms with Crippen LogP contribution in [0.3, 0.4) is 0 Å². The smallest absolute Gasteiger partial charge is 0.407 e. The topological polar surface area (TPSA) is 132 Å². The number of hydrogen-bond acceptors (Lipinski definition) is 6. The maximum atomic E-state index is 14.1. The predicted molar refractivity (Wildman–Crippen MR) is 148 cm³/mol. The van der Waals surface area contributed by atoms with Gasteiger partial charge in [0, 0.05) is 32.1 Å². The van der Waals surface area contributed by atoms with Gasteiger partial charge in [-0.3, -0.25) is 14.4 Å². The van der Waals surface area contributed by atoms with Crippen molar-refractivity contribution in [3.8, 4) is 6.07 Å². The van der Waals surface area contributed by atoms with Crippen molar-refractivity contribution in [3.05, 3.63) is 65.5 Å². The van der Waals surface area contributed by atoms with E-state index < -0.39 is 47.3 Å². The fourth-order valence-corrected chi connectivity index (χ4v) is 5.71. The molecule has 2 aromatic rings. The third kappa shape index (κ3) is 5.87. The van der Waals surface area contributed by atoms with Crippen LogP contribution in [0.4, 0.5) is 14.9 Å². The highest BCUT2D eigenvalue weighted by molar-refractivity contribution is 6.07. The van der Waals surface area contributed by atoms with Crippen molar-refractivity contribution in [2.75, 3.05) is 26.0 Å². The molecule has 0 radical (unpaired) electrons. The molecule has 1 unspecified atom stereocenters. The minimum Gasteiger partial charge on any atom is -0.453 e. The Balaban J connectivity index is 1.63. The van der Waals surface area contributed by atoms with Crippen LogP contribution in [0, 0.1) is 23.1 Å². The molecule has 2 heterocycles. The Labute approximate surface area is 238 Å². The molecule has 0 bridgehead atoms. The van der Waals surface area contributed by atoms with E-state index in [-0.39, 0.29) is 37.6 Å². The highest BCUT2D eigenvalue weighted by atomic mass is 19.1. The number of nitriles is 1. The number of amides is 4. The van der Waals surface area contributed by atoms with E-state index in [1.165, 1.54) is 48.2 Å². The lowest BCUT2D eigenvalue weighted by Gasteiger charge is -2.35. The van der Waals surface area contributed by atoms with Crippen LogP contribution >= 0.6 is 0 Å². The molecule has 0 aliphatic carbocycles. The van der Waals surface area contributed by atoms with E-state index >= 15 is 0 Å². The lowest BCUT2D eigenvalue weighted by Crippen LogP contribution is -2.56. The van der Waals surface area contributed by atoms with Gasteiger partial charge in [-0.2, -0.15) is 5.26 Å². The molecular formula is C30H34FN5O5. The van der Waals surface area contributed by atoms with Gasteiger partial charge in [0.25, 0.3) is 0 Å². The lowest BCUT2D eigenvalue weighted by molar-refractivity contribution is -0.146. The number of likely N-dealkylation sites (tertiary alicyclic amines) is 1. The van der Waals surface area contributed by atoms with Gasteiger partial charge in [-0.05, 0) is 41.7 Å². The lowest BCUT2D eigenvalue weighted by atomic mass is 9.80. The predicted octanol–water partition coefficient (Wildman–Crippen LogP) is 2.98. The van der Waals surface area contributed by atoms with Crippen molar-refractivity contribution in [2.24, 2.45) is 5.92 Å². The summed E-state index contributed by atoms with van der Waals surface area (Å²) in [4.78, 5) is 56.0. The number of methoxy groups -OCH3 is 1. The van der Waals surface area contributed by atoms with Crippen LogP contribution in [0.1, 0.15) is 37.8 Å². The van der Waals surface area contributed by atoms with Gasteiger partial charge in [-0.1, -0.05) is 44.2 Å². The van der Waals surface area contributed by atoms with Crippen molar-refractivity contribution in [2.45, 2.75) is 56.7 Å². The molecule has 1 spiro atoms. The number of para-hydroxylation sites is 1. The summed E-state index contributed by atoms with van der Waals surface area (Å²) >= 11 is 0. The second-order valence-corrected chi connectivity index (χ2v) is 11.0. The SMILES string of the molecule is COC(=O)NC(Cc1ccc(F)cc1)C(=O)N(C)[C@@H](CC(C)C)C(=O)N1C[C@]2(C[C@H]1C#N)C(=O)Nc1ccccc12. The summed E-state index contributed by atoms with van der Waals surface area (Å²) in [6.45, 7) is 3.83. The van der Waals surface area contributed by atoms with Gasteiger partial charge in [-0.15, -0.1) is 0 Å². The van der Waals surface area contributed by atoms with Crippen LogP contribution in [-0.4, -0.2) is 72.4 Å². The third-order valence-corrected chi connectivity index (χ3v) is 7.84. The quantitative estimate of drug-likeness (QED) is 0.508. The second kappa shape index (κ2) is 12.0. The highest BCUT2D eigenvalue weighted by Crippen LogP contribution is 2.46. The number of hydrogen-bond donors (Lipinski definition) is 2. The number of rotatable bonds is 8. The summed E-state index contributed by atoms with van der Waals surface area (Å²) in [6, 6.07) is 12.0. The summed E-state index contributed by atoms with van der Waals surface area (Å²) in [5.74, 6) is -1.71. The molecule has 4 amide bonds. The van der Waals surface area contributed by atoms with Crippen molar-refractivity contribution in [1.82, 2.24) is 15.1 Å². The summed E-state index contributed by atoms with van der Waals surface area (Å²) in [7, 11) is 2.65. The number of fused-ring (bicyclic) bond motifs is 2. The van der Waals surface area contributed by atoms with Crippen molar-refractivity contribution in [3.63, 3.8) is 0 Å². The molecule has 4 atom stereocenters. The molecule has 0 saturated carbocycles. The maximum Gasteiger partial charge on any atom is 0.407 e. The summed E-state index contributed by atoms with van der Waals surface area (Å²) < 4.78 is 18.2. The molecule has 10 nitrogen and oxygen atoms in total. The molecular weight excluding hydrogens is 529 g/mol. The van der Waals surface area contributed by atoms with Crippen molar-refractivity contribution >= 4 is 29.5 Å². The normalized spacial score (nSPS) is 20.7. The average Bonchev–Trinajstić information content (AvgIpc) is 3.48. The fraction of sp³-hybridized carbons (Fsp3) is 0.433. The zero-order valence-corrected chi connectivity index (χ0v) is 23.5. The molecule has 216 valence electrons. The number of ether oxygens (including phenoxy) is 1. The Bertz CT molecular complexity index is 1370. The first-order chi connectivity index (χ1) is 19.5. The molecule has 1 saturated heterocycles. The van der Waals surface area contributed by atoms with Crippen molar-refractivity contribution < 1.29 is 28.3 Å². The molecule has 2 aliphatic heterocycles. The van der Waals surface area contributed by atoms with E-state index in [4.69, 9.17) is 4.74 Å². The first-order valence-electron chi connectivity index (χ1n) is 13.5. The number of likely N-dealkylation sites (N-methyl/N-ethyl adjacent to an activating group) is 1. The minimum absolute atomic E-state index is 0.00293. The Morgan fingerprint density at radius 3 is 2.54 bits per heavy atom. The van der Waals surface area contributed by atoms with Gasteiger partial charge in [0.05, 0.1) is 18.6 Å². The Kier molecular flexibility index (Phi) is 8.61. The van der Waals surface area contributed by atoms with Crippen LogP contribution in [0.25, 0.3) is 0 Å². The number of nitrogens with one attached hydrogen (secondary N) is 2. The van der Waals surface area contributed by atoms with Gasteiger partial charge < -0.3 is 25.2 Å². The first-order valence-corrected chi connectivity index (χ1v) is 13.5. The van der Waals surface area contributed by atoms with E-state index in [1.54, 1.807) is 6.07 Å². The summed E-state index contributed by atoms with van der Waals surface area (Å²) in [5.41, 5.74) is 0.937. The van der Waals surface area contributed by atoms with Crippen LogP contribution in [-0.2, 0) is 31.0 Å². The van der Waals surface area contributed by atoms with Gasteiger partial charge in [-0.25, -0.2) is 9.18 Å². The number of carbonyl (C=O) groups is 4. The largest absolute Gasteiger partial charge is 0.453 e. The Morgan fingerprint density at radius 2 is 1.90 bits per heavy atom. The summed E-state index contributed by atoms with van der Waals surface area (Å²) in [5, 5.41) is 15.4. The third-order valence-electron chi connectivity index (χ3n) is 7.84. The number of anilines is 1. The van der Waals surface area contributed by atoms with Gasteiger partial charge >= 0.3 is 6.09 Å². The van der Waals surface area contributed by atoms with Crippen LogP contribution in [0.2, 0.25) is 0 Å². The van der Waals surface area contributed by atoms with E-state index in [2.05, 4.69) is 16.7 Å². The number of nitrogens with zero attached hydrogens (tertiary/aromatic N) is 3. The number of halogens is 1. The zero-order chi connectivity index (χ0) is 29.9. The number of alkyl carbamates (subject to hydrolysis) is 1. The Morgan fingerprint density at radius 1 is 1.22 bits per heavy atom. The van der Waals surface area contributed by atoms with Gasteiger partial charge in [0.2, 0.25) is 17.7 Å². The van der Waals surface area contributed by atoms with Crippen LogP contribution in [0.15, 0.2) is 48.5 Å². The van der Waals surface area contributed by atoms with Gasteiger partial charge in [0.15, 0.2) is 0 Å². The van der Waals surface area contributed by atoms with E-state index in [9.17, 15) is 28.8 Å². The highest BCUT2D eigenvalue weighted by Gasteiger charge is 2.56. The molecule has 0 aromatic heterocycles. The van der Waals surface area contributed by atoms with E-state index in [0.717, 1.165) is 5.56 Å². The standard InChI is InChI=1S/C30H34FN5O5/c1-18(2)13-25(35(3)26(37)24(34-29(40)41-4)14-19-9-11-20(31)12-10-19)27(38)36-17-30(15-21(36)16-32)22-7-5-6-8-23(22)33-28(30)39/h5-12,18,21,24-25H,13-15,17H2,1-4H3,(H,33,39)(H,34,40)/t21-,24?,25-,30-/m0/s1. The minimum atomic E-state index is -1.11. The van der Waals surface area contributed by atoms with Crippen molar-refractivity contribution in [1.29, 1.82) is 5.26 Å². The molecule has 41 heavy (non-hydrogen) atoms. The summed E-state index contributed by atoms with van der Waals surface area (Å²) in [6.07, 6.45) is -0.373. The number of carbonyl (C=O) groups excluding carboxylic acids is 4. The molecule has 4 rings (SSSR count). The molecule has 2 aromatic carbocycles. The van der Waals surface area contributed by atoms with E-state index in [0.29, 0.717) is 11.3 Å². The van der Waals surface area contributed by atoms with Crippen LogP contribution < -0.4 is 10.6 Å².